The maximum absolute atomic E-state index is 13.9. The minimum Gasteiger partial charge on any atom is -0.318 e. The molecule has 5 nitrogen and oxygen atoms in total. The molecule has 3 aromatic rings. The number of Topliss-reactive ketones (excluding diaryl/α,β-unsaturated/α-hetero) is 1. The van der Waals surface area contributed by atoms with E-state index in [1.54, 1.807) is 25.4 Å². The number of carbonyl (C=O) groups is 1. The molecule has 1 aromatic carbocycles. The van der Waals surface area contributed by atoms with Crippen molar-refractivity contribution in [2.45, 2.75) is 12.8 Å². The van der Waals surface area contributed by atoms with Gasteiger partial charge in [0.2, 0.25) is 5.56 Å². The minimum atomic E-state index is -0.372. The summed E-state index contributed by atoms with van der Waals surface area (Å²) in [6.07, 6.45) is 3.52. The van der Waals surface area contributed by atoms with Crippen LogP contribution in [0.15, 0.2) is 59.7 Å². The number of halogens is 1. The highest BCUT2D eigenvalue weighted by Crippen LogP contribution is 2.15. The molecule has 3 rings (SSSR count). The van der Waals surface area contributed by atoms with Crippen molar-refractivity contribution in [3.8, 4) is 6.07 Å². The van der Waals surface area contributed by atoms with E-state index in [2.05, 4.69) is 4.98 Å². The predicted octanol–water partition coefficient (Wildman–Crippen LogP) is 2.81. The number of nitriles is 1. The van der Waals surface area contributed by atoms with Crippen LogP contribution in [0.4, 0.5) is 4.39 Å². The van der Waals surface area contributed by atoms with Gasteiger partial charge in [-0.05, 0) is 41.5 Å². The molecule has 0 saturated heterocycles. The molecule has 0 atom stereocenters. The van der Waals surface area contributed by atoms with Gasteiger partial charge in [-0.3, -0.25) is 14.6 Å². The lowest BCUT2D eigenvalue weighted by Gasteiger charge is -2.06. The molecule has 2 heterocycles. The Morgan fingerprint density at radius 3 is 2.70 bits per heavy atom. The van der Waals surface area contributed by atoms with Crippen molar-refractivity contribution in [2.75, 3.05) is 0 Å². The molecular weight excluding hydrogens is 345 g/mol. The van der Waals surface area contributed by atoms with Gasteiger partial charge in [0.1, 0.15) is 5.82 Å². The zero-order chi connectivity index (χ0) is 19.4. The number of ketones is 1. The van der Waals surface area contributed by atoms with Gasteiger partial charge in [-0.1, -0.05) is 6.07 Å². The number of nitrogens with zero attached hydrogens (tertiary/aromatic N) is 3. The van der Waals surface area contributed by atoms with Crippen LogP contribution in [0, 0.1) is 17.1 Å². The highest BCUT2D eigenvalue weighted by molar-refractivity contribution is 5.97. The normalized spacial score (nSPS) is 10.4. The molecule has 0 aliphatic carbocycles. The maximum atomic E-state index is 13.9. The Morgan fingerprint density at radius 2 is 2.04 bits per heavy atom. The number of aryl methyl sites for hydroxylation is 1. The Hall–Kier alpha value is -3.59. The molecule has 27 heavy (non-hydrogen) atoms. The molecule has 134 valence electrons. The third kappa shape index (κ3) is 4.33. The standard InChI is InChI=1S/C21H16FN3O2/c1-25-13-16(4-7-21(25)27)20(26)10-18-5-2-15(12-24-18)9-17-8-14(11-23)3-6-19(17)22/h2-8,12-13H,9-10H2,1H3. The largest absolute Gasteiger partial charge is 0.318 e. The lowest BCUT2D eigenvalue weighted by Crippen LogP contribution is -2.17. The molecule has 0 unspecified atom stereocenters. The van der Waals surface area contributed by atoms with Gasteiger partial charge < -0.3 is 4.57 Å². The molecule has 0 fully saturated rings. The first-order valence-electron chi connectivity index (χ1n) is 8.28. The van der Waals surface area contributed by atoms with Crippen LogP contribution < -0.4 is 5.56 Å². The van der Waals surface area contributed by atoms with Gasteiger partial charge >= 0.3 is 0 Å². The second kappa shape index (κ2) is 7.75. The van der Waals surface area contributed by atoms with Crippen LogP contribution >= 0.6 is 0 Å². The number of carbonyl (C=O) groups excluding carboxylic acids is 1. The van der Waals surface area contributed by atoms with E-state index in [1.807, 2.05) is 6.07 Å². The van der Waals surface area contributed by atoms with Crippen molar-refractivity contribution >= 4 is 5.78 Å². The Bertz CT molecular complexity index is 1100. The molecule has 0 spiro atoms. The fourth-order valence-electron chi connectivity index (χ4n) is 2.69. The van der Waals surface area contributed by atoms with E-state index < -0.39 is 0 Å². The van der Waals surface area contributed by atoms with Gasteiger partial charge in [0, 0.05) is 43.2 Å². The molecule has 0 aliphatic rings. The first-order valence-corrected chi connectivity index (χ1v) is 8.28. The number of aromatic nitrogens is 2. The number of hydrogen-bond donors (Lipinski definition) is 0. The number of hydrogen-bond acceptors (Lipinski definition) is 4. The van der Waals surface area contributed by atoms with Crippen molar-refractivity contribution in [1.29, 1.82) is 5.26 Å². The number of benzene rings is 1. The van der Waals surface area contributed by atoms with E-state index >= 15 is 0 Å². The fraction of sp³-hybridized carbons (Fsp3) is 0.143. The van der Waals surface area contributed by atoms with Gasteiger partial charge in [-0.25, -0.2) is 4.39 Å². The van der Waals surface area contributed by atoms with Crippen molar-refractivity contribution < 1.29 is 9.18 Å². The smallest absolute Gasteiger partial charge is 0.250 e. The second-order valence-corrected chi connectivity index (χ2v) is 6.22. The quantitative estimate of drug-likeness (QED) is 0.655. The first-order chi connectivity index (χ1) is 13.0. The van der Waals surface area contributed by atoms with Gasteiger partial charge in [0.05, 0.1) is 18.1 Å². The predicted molar refractivity (Wildman–Crippen MR) is 97.9 cm³/mol. The average Bonchev–Trinajstić information content (AvgIpc) is 2.67. The fourth-order valence-corrected chi connectivity index (χ4v) is 2.69. The molecule has 6 heteroatoms. The highest BCUT2D eigenvalue weighted by atomic mass is 19.1. The SMILES string of the molecule is Cn1cc(C(=O)Cc2ccc(Cc3cc(C#N)ccc3F)cn2)ccc1=O. The van der Waals surface area contributed by atoms with E-state index in [9.17, 15) is 14.0 Å². The lowest BCUT2D eigenvalue weighted by molar-refractivity contribution is 0.0991. The minimum absolute atomic E-state index is 0.108. The summed E-state index contributed by atoms with van der Waals surface area (Å²) in [5.74, 6) is -0.512. The zero-order valence-electron chi connectivity index (χ0n) is 14.6. The van der Waals surface area contributed by atoms with Crippen LogP contribution in [0.3, 0.4) is 0 Å². The summed E-state index contributed by atoms with van der Waals surface area (Å²) in [5.41, 5.74) is 2.45. The van der Waals surface area contributed by atoms with Crippen molar-refractivity contribution in [3.63, 3.8) is 0 Å². The summed E-state index contributed by atoms with van der Waals surface area (Å²) in [5, 5.41) is 8.93. The molecule has 0 bridgehead atoms. The average molecular weight is 361 g/mol. The van der Waals surface area contributed by atoms with Crippen molar-refractivity contribution in [1.82, 2.24) is 9.55 Å². The molecule has 0 N–H and O–H groups in total. The van der Waals surface area contributed by atoms with E-state index in [-0.39, 0.29) is 23.6 Å². The van der Waals surface area contributed by atoms with Crippen LogP contribution in [0.2, 0.25) is 0 Å². The van der Waals surface area contributed by atoms with Crippen LogP contribution in [-0.2, 0) is 19.9 Å². The zero-order valence-corrected chi connectivity index (χ0v) is 14.6. The monoisotopic (exact) mass is 361 g/mol. The molecule has 0 saturated carbocycles. The molecule has 0 aliphatic heterocycles. The summed E-state index contributed by atoms with van der Waals surface area (Å²) in [6.45, 7) is 0. The van der Waals surface area contributed by atoms with E-state index in [1.165, 1.54) is 41.1 Å². The summed E-state index contributed by atoms with van der Waals surface area (Å²) < 4.78 is 15.2. The van der Waals surface area contributed by atoms with Crippen LogP contribution in [-0.4, -0.2) is 15.3 Å². The molecular formula is C21H16FN3O2. The first kappa shape index (κ1) is 18.2. The Balaban J connectivity index is 1.72. The summed E-state index contributed by atoms with van der Waals surface area (Å²) in [4.78, 5) is 28.0. The number of pyridine rings is 2. The lowest BCUT2D eigenvalue weighted by atomic mass is 10.0. The highest BCUT2D eigenvalue weighted by Gasteiger charge is 2.10. The van der Waals surface area contributed by atoms with Crippen molar-refractivity contribution in [2.24, 2.45) is 7.05 Å². The Kier molecular flexibility index (Phi) is 5.23. The summed E-state index contributed by atoms with van der Waals surface area (Å²) in [7, 11) is 1.59. The van der Waals surface area contributed by atoms with E-state index in [0.717, 1.165) is 5.56 Å². The topological polar surface area (TPSA) is 75.8 Å². The van der Waals surface area contributed by atoms with Crippen LogP contribution in [0.25, 0.3) is 0 Å². The van der Waals surface area contributed by atoms with Gasteiger partial charge in [-0.2, -0.15) is 5.26 Å². The molecule has 0 amide bonds. The van der Waals surface area contributed by atoms with Gasteiger partial charge in [0.15, 0.2) is 5.78 Å². The summed E-state index contributed by atoms with van der Waals surface area (Å²) in [6, 6.07) is 12.6. The van der Waals surface area contributed by atoms with Crippen LogP contribution in [0.5, 0.6) is 0 Å². The van der Waals surface area contributed by atoms with E-state index in [0.29, 0.717) is 28.8 Å². The molecule has 0 radical (unpaired) electrons. The second-order valence-electron chi connectivity index (χ2n) is 6.22. The van der Waals surface area contributed by atoms with Crippen molar-refractivity contribution in [3.05, 3.63) is 99.0 Å². The van der Waals surface area contributed by atoms with Gasteiger partial charge in [0.25, 0.3) is 0 Å². The maximum Gasteiger partial charge on any atom is 0.250 e. The van der Waals surface area contributed by atoms with Gasteiger partial charge in [-0.15, -0.1) is 0 Å². The van der Waals surface area contributed by atoms with Crippen LogP contribution in [0.1, 0.15) is 32.7 Å². The number of rotatable bonds is 5. The third-order valence-electron chi connectivity index (χ3n) is 4.20. The molecule has 2 aromatic heterocycles. The third-order valence-corrected chi connectivity index (χ3v) is 4.20. The summed E-state index contributed by atoms with van der Waals surface area (Å²) >= 11 is 0. The van der Waals surface area contributed by atoms with E-state index in [4.69, 9.17) is 5.26 Å². The Morgan fingerprint density at radius 1 is 1.22 bits per heavy atom. The Labute approximate surface area is 155 Å².